The van der Waals surface area contributed by atoms with Crippen molar-refractivity contribution < 1.29 is 14.7 Å². The van der Waals surface area contributed by atoms with E-state index in [1.165, 1.54) is 0 Å². The molecule has 1 aliphatic rings. The molecule has 1 saturated carbocycles. The number of aryl methyl sites for hydroxylation is 1. The second kappa shape index (κ2) is 6.12. The van der Waals surface area contributed by atoms with Gasteiger partial charge in [-0.3, -0.25) is 9.59 Å². The van der Waals surface area contributed by atoms with E-state index in [9.17, 15) is 9.59 Å². The van der Waals surface area contributed by atoms with Crippen molar-refractivity contribution in [2.24, 2.45) is 5.41 Å². The molecule has 1 heterocycles. The lowest BCUT2D eigenvalue weighted by molar-refractivity contribution is -0.149. The molecule has 0 aliphatic heterocycles. The Morgan fingerprint density at radius 3 is 2.52 bits per heavy atom. The SMILES string of the molecule is Cc1nc(-c2ccc(CCNC(=O)C3(C(=O)O)CC3)cc2)cs1. The Hall–Kier alpha value is -2.21. The van der Waals surface area contributed by atoms with E-state index in [4.69, 9.17) is 5.11 Å². The van der Waals surface area contributed by atoms with Crippen molar-refractivity contribution in [2.45, 2.75) is 26.2 Å². The molecule has 0 unspecified atom stereocenters. The third-order valence-corrected chi connectivity index (χ3v) is 4.94. The molecule has 0 spiro atoms. The molecule has 0 saturated heterocycles. The van der Waals surface area contributed by atoms with Crippen LogP contribution < -0.4 is 5.32 Å². The van der Waals surface area contributed by atoms with Crippen molar-refractivity contribution in [3.63, 3.8) is 0 Å². The van der Waals surface area contributed by atoms with Gasteiger partial charge in [-0.2, -0.15) is 0 Å². The molecule has 2 N–H and O–H groups in total. The van der Waals surface area contributed by atoms with Crippen molar-refractivity contribution in [1.29, 1.82) is 0 Å². The predicted octanol–water partition coefficient (Wildman–Crippen LogP) is 2.64. The first-order chi connectivity index (χ1) is 11.0. The number of amides is 1. The van der Waals surface area contributed by atoms with E-state index in [-0.39, 0.29) is 5.91 Å². The van der Waals surface area contributed by atoms with Gasteiger partial charge in [-0.15, -0.1) is 11.3 Å². The molecule has 0 atom stereocenters. The van der Waals surface area contributed by atoms with Crippen molar-refractivity contribution in [3.05, 3.63) is 40.2 Å². The second-order valence-electron chi connectivity index (χ2n) is 5.84. The van der Waals surface area contributed by atoms with Gasteiger partial charge in [0.15, 0.2) is 0 Å². The number of nitrogens with one attached hydrogen (secondary N) is 1. The summed E-state index contributed by atoms with van der Waals surface area (Å²) in [5, 5.41) is 14.9. The van der Waals surface area contributed by atoms with Crippen LogP contribution in [0, 0.1) is 12.3 Å². The highest BCUT2D eigenvalue weighted by atomic mass is 32.1. The molecule has 120 valence electrons. The van der Waals surface area contributed by atoms with Crippen LogP contribution in [0.25, 0.3) is 11.3 Å². The summed E-state index contributed by atoms with van der Waals surface area (Å²) >= 11 is 1.62. The van der Waals surface area contributed by atoms with Gasteiger partial charge in [-0.05, 0) is 31.7 Å². The van der Waals surface area contributed by atoms with Gasteiger partial charge in [0, 0.05) is 17.5 Å². The van der Waals surface area contributed by atoms with Gasteiger partial charge < -0.3 is 10.4 Å². The standard InChI is InChI=1S/C17H18N2O3S/c1-11-19-14(10-23-11)13-4-2-12(3-5-13)6-9-18-15(20)17(7-8-17)16(21)22/h2-5,10H,6-9H2,1H3,(H,18,20)(H,21,22). The summed E-state index contributed by atoms with van der Waals surface area (Å²) in [5.41, 5.74) is 1.99. The molecule has 1 amide bonds. The smallest absolute Gasteiger partial charge is 0.319 e. The minimum Gasteiger partial charge on any atom is -0.480 e. The van der Waals surface area contributed by atoms with E-state index in [1.807, 2.05) is 36.6 Å². The van der Waals surface area contributed by atoms with E-state index >= 15 is 0 Å². The van der Waals surface area contributed by atoms with Gasteiger partial charge in [-0.1, -0.05) is 24.3 Å². The van der Waals surface area contributed by atoms with Gasteiger partial charge in [0.1, 0.15) is 5.41 Å². The zero-order valence-electron chi connectivity index (χ0n) is 12.8. The molecular formula is C17H18N2O3S. The number of benzene rings is 1. The third-order valence-electron chi connectivity index (χ3n) is 4.16. The first-order valence-corrected chi connectivity index (χ1v) is 8.42. The Morgan fingerprint density at radius 2 is 2.00 bits per heavy atom. The molecule has 23 heavy (non-hydrogen) atoms. The maximum Gasteiger partial charge on any atom is 0.319 e. The quantitative estimate of drug-likeness (QED) is 0.798. The van der Waals surface area contributed by atoms with E-state index in [0.717, 1.165) is 21.8 Å². The number of carboxylic acids is 1. The Labute approximate surface area is 138 Å². The monoisotopic (exact) mass is 330 g/mol. The average Bonchev–Trinajstić information content (AvgIpc) is 3.25. The van der Waals surface area contributed by atoms with Crippen LogP contribution in [-0.4, -0.2) is 28.5 Å². The molecule has 3 rings (SSSR count). The summed E-state index contributed by atoms with van der Waals surface area (Å²) in [6, 6.07) is 8.07. The zero-order chi connectivity index (χ0) is 16.4. The first kappa shape index (κ1) is 15.7. The summed E-state index contributed by atoms with van der Waals surface area (Å²) in [6.07, 6.45) is 1.56. The lowest BCUT2D eigenvalue weighted by Gasteiger charge is -2.10. The third kappa shape index (κ3) is 3.27. The first-order valence-electron chi connectivity index (χ1n) is 7.54. The Balaban J connectivity index is 1.53. The maximum atomic E-state index is 11.9. The normalized spacial score (nSPS) is 15.2. The Morgan fingerprint density at radius 1 is 1.30 bits per heavy atom. The predicted molar refractivity (Wildman–Crippen MR) is 88.3 cm³/mol. The minimum absolute atomic E-state index is 0.362. The van der Waals surface area contributed by atoms with E-state index in [2.05, 4.69) is 10.3 Å². The fourth-order valence-corrected chi connectivity index (χ4v) is 3.11. The number of carbonyl (C=O) groups is 2. The van der Waals surface area contributed by atoms with Crippen molar-refractivity contribution in [2.75, 3.05) is 6.54 Å². The number of carboxylic acid groups (broad SMARTS) is 1. The van der Waals surface area contributed by atoms with Crippen LogP contribution in [-0.2, 0) is 16.0 Å². The van der Waals surface area contributed by atoms with Gasteiger partial charge in [0.25, 0.3) is 0 Å². The molecule has 1 aromatic carbocycles. The summed E-state index contributed by atoms with van der Waals surface area (Å²) in [6.45, 7) is 2.43. The Bertz CT molecular complexity index is 733. The lowest BCUT2D eigenvalue weighted by atomic mass is 10.1. The van der Waals surface area contributed by atoms with Crippen LogP contribution in [0.5, 0.6) is 0 Å². The number of aromatic nitrogens is 1. The fraction of sp³-hybridized carbons (Fsp3) is 0.353. The zero-order valence-corrected chi connectivity index (χ0v) is 13.7. The molecule has 1 aliphatic carbocycles. The number of aliphatic carboxylic acids is 1. The summed E-state index contributed by atoms with van der Waals surface area (Å²) in [4.78, 5) is 27.4. The molecule has 6 heteroatoms. The molecular weight excluding hydrogens is 312 g/mol. The second-order valence-corrected chi connectivity index (χ2v) is 6.90. The van der Waals surface area contributed by atoms with Crippen molar-refractivity contribution >= 4 is 23.2 Å². The van der Waals surface area contributed by atoms with Crippen molar-refractivity contribution in [3.8, 4) is 11.3 Å². The summed E-state index contributed by atoms with van der Waals surface area (Å²) < 4.78 is 0. The lowest BCUT2D eigenvalue weighted by Crippen LogP contribution is -2.37. The topological polar surface area (TPSA) is 79.3 Å². The summed E-state index contributed by atoms with van der Waals surface area (Å²) in [5.74, 6) is -1.38. The Kier molecular flexibility index (Phi) is 4.17. The number of thiazole rings is 1. The molecule has 1 aromatic heterocycles. The van der Waals surface area contributed by atoms with Crippen LogP contribution in [0.3, 0.4) is 0 Å². The fourth-order valence-electron chi connectivity index (χ4n) is 2.49. The molecule has 0 radical (unpaired) electrons. The van der Waals surface area contributed by atoms with Crippen LogP contribution in [0.4, 0.5) is 0 Å². The average molecular weight is 330 g/mol. The molecule has 5 nitrogen and oxygen atoms in total. The van der Waals surface area contributed by atoms with Crippen LogP contribution in [0.2, 0.25) is 0 Å². The van der Waals surface area contributed by atoms with E-state index in [1.54, 1.807) is 11.3 Å². The maximum absolute atomic E-state index is 11.9. The minimum atomic E-state index is -1.16. The number of hydrogen-bond acceptors (Lipinski definition) is 4. The highest BCUT2D eigenvalue weighted by molar-refractivity contribution is 7.09. The summed E-state index contributed by atoms with van der Waals surface area (Å²) in [7, 11) is 0. The van der Waals surface area contributed by atoms with E-state index in [0.29, 0.717) is 25.8 Å². The molecule has 2 aromatic rings. The van der Waals surface area contributed by atoms with Gasteiger partial charge in [0.05, 0.1) is 10.7 Å². The van der Waals surface area contributed by atoms with Crippen LogP contribution in [0.15, 0.2) is 29.6 Å². The number of nitrogens with zero attached hydrogens (tertiary/aromatic N) is 1. The number of rotatable bonds is 6. The number of hydrogen-bond donors (Lipinski definition) is 2. The largest absolute Gasteiger partial charge is 0.480 e. The van der Waals surface area contributed by atoms with Gasteiger partial charge in [0.2, 0.25) is 5.91 Å². The highest BCUT2D eigenvalue weighted by Gasteiger charge is 2.56. The molecule has 0 bridgehead atoms. The van der Waals surface area contributed by atoms with Crippen LogP contribution in [0.1, 0.15) is 23.4 Å². The van der Waals surface area contributed by atoms with Crippen LogP contribution >= 0.6 is 11.3 Å². The highest BCUT2D eigenvalue weighted by Crippen LogP contribution is 2.46. The van der Waals surface area contributed by atoms with Crippen molar-refractivity contribution in [1.82, 2.24) is 10.3 Å². The number of carbonyl (C=O) groups excluding carboxylic acids is 1. The van der Waals surface area contributed by atoms with Gasteiger partial charge in [-0.25, -0.2) is 4.98 Å². The van der Waals surface area contributed by atoms with Gasteiger partial charge >= 0.3 is 5.97 Å². The van der Waals surface area contributed by atoms with E-state index < -0.39 is 11.4 Å². The molecule has 1 fully saturated rings.